The number of hydrogen-bond acceptors (Lipinski definition) is 7. The fraction of sp³-hybridized carbons (Fsp3) is 0.360. The maximum absolute atomic E-state index is 13.6. The maximum atomic E-state index is 13.6. The van der Waals surface area contributed by atoms with Gasteiger partial charge in [0.05, 0.1) is 6.67 Å². The Morgan fingerprint density at radius 2 is 1.69 bits per heavy atom. The molecule has 184 valence electrons. The molecular formula is C25H28N4O6. The molecule has 35 heavy (non-hydrogen) atoms. The molecule has 0 saturated carbocycles. The van der Waals surface area contributed by atoms with Crippen LogP contribution < -0.4 is 5.32 Å². The highest BCUT2D eigenvalue weighted by Crippen LogP contribution is 2.38. The number of aliphatic hydroxyl groups is 2. The number of aryl methyl sites for hydroxylation is 2. The van der Waals surface area contributed by atoms with Gasteiger partial charge in [-0.05, 0) is 25.0 Å². The van der Waals surface area contributed by atoms with E-state index in [-0.39, 0.29) is 30.2 Å². The van der Waals surface area contributed by atoms with E-state index in [9.17, 15) is 24.6 Å². The first kappa shape index (κ1) is 24.5. The van der Waals surface area contributed by atoms with Crippen molar-refractivity contribution >= 4 is 23.6 Å². The number of benzene rings is 2. The Morgan fingerprint density at radius 1 is 1.11 bits per heavy atom. The third-order valence-electron chi connectivity index (χ3n) is 6.59. The number of ether oxygens (including phenoxy) is 1. The van der Waals surface area contributed by atoms with Crippen molar-refractivity contribution < 1.29 is 29.3 Å². The zero-order chi connectivity index (χ0) is 25.5. The molecule has 2 aliphatic rings. The molecule has 2 aliphatic heterocycles. The molecule has 4 N–H and O–H groups in total. The molecule has 1 unspecified atom stereocenters. The van der Waals surface area contributed by atoms with Crippen LogP contribution in [0.4, 0.5) is 4.79 Å². The normalized spacial score (nSPS) is 25.4. The van der Waals surface area contributed by atoms with Gasteiger partial charge in [-0.15, -0.1) is 0 Å². The van der Waals surface area contributed by atoms with E-state index < -0.39 is 41.6 Å². The maximum Gasteiger partial charge on any atom is 0.327 e. The molecule has 2 heterocycles. The van der Waals surface area contributed by atoms with Gasteiger partial charge in [0.1, 0.15) is 18.4 Å². The molecule has 4 rings (SSSR count). The number of ketones is 2. The topological polar surface area (TPSA) is 143 Å². The van der Waals surface area contributed by atoms with E-state index in [1.165, 1.54) is 9.80 Å². The Hall–Kier alpha value is -3.60. The lowest BCUT2D eigenvalue weighted by Gasteiger charge is -2.37. The van der Waals surface area contributed by atoms with Crippen LogP contribution in [0.25, 0.3) is 0 Å². The van der Waals surface area contributed by atoms with Crippen LogP contribution in [0.2, 0.25) is 0 Å². The molecule has 10 nitrogen and oxygen atoms in total. The molecule has 2 saturated heterocycles. The summed E-state index contributed by atoms with van der Waals surface area (Å²) in [7, 11) is 1.59. The lowest BCUT2D eigenvalue weighted by molar-refractivity contribution is -0.104. The zero-order valence-electron chi connectivity index (χ0n) is 19.7. The molecule has 0 aliphatic carbocycles. The van der Waals surface area contributed by atoms with Gasteiger partial charge >= 0.3 is 6.03 Å². The quantitative estimate of drug-likeness (QED) is 0.458. The van der Waals surface area contributed by atoms with Crippen molar-refractivity contribution in [1.82, 2.24) is 15.1 Å². The second-order valence-electron chi connectivity index (χ2n) is 9.00. The van der Waals surface area contributed by atoms with Crippen LogP contribution in [-0.4, -0.2) is 81.3 Å². The van der Waals surface area contributed by atoms with Crippen LogP contribution in [-0.2, 0) is 4.74 Å². The predicted molar refractivity (Wildman–Crippen MR) is 126 cm³/mol. The number of nitrogens with one attached hydrogen (secondary N) is 2. The molecule has 0 aromatic heterocycles. The van der Waals surface area contributed by atoms with Crippen LogP contribution >= 0.6 is 0 Å². The molecule has 4 atom stereocenters. The van der Waals surface area contributed by atoms with Crippen molar-refractivity contribution in [2.45, 2.75) is 44.3 Å². The number of hydrogen-bond donors (Lipinski definition) is 4. The average Bonchev–Trinajstić information content (AvgIpc) is 3.19. The minimum atomic E-state index is -2.29. The molecule has 2 aromatic rings. The Kier molecular flexibility index (Phi) is 6.46. The van der Waals surface area contributed by atoms with E-state index in [1.807, 2.05) is 0 Å². The summed E-state index contributed by atoms with van der Waals surface area (Å²) in [5.41, 5.74) is -0.603. The average molecular weight is 481 g/mol. The van der Waals surface area contributed by atoms with Crippen molar-refractivity contribution in [2.75, 3.05) is 13.7 Å². The van der Waals surface area contributed by atoms with Crippen molar-refractivity contribution in [2.24, 2.45) is 0 Å². The third-order valence-corrected chi connectivity index (χ3v) is 6.59. The second-order valence-corrected chi connectivity index (χ2v) is 9.00. The first-order chi connectivity index (χ1) is 16.5. The number of Topliss-reactive ketones (excluding diaryl/α,β-unsaturated/α-hetero) is 2. The number of urea groups is 1. The Morgan fingerprint density at radius 3 is 2.29 bits per heavy atom. The number of carbonyl (C=O) groups excluding carboxylic acids is 3. The van der Waals surface area contributed by atoms with Crippen LogP contribution in [0.5, 0.6) is 0 Å². The fourth-order valence-electron chi connectivity index (χ4n) is 4.51. The SMILES string of the molecule is Cc1ccccc1C(=O)C(O)[C@H]1O[C@@H](N2CN(C)C(=N)NC2=O)C[C@@]1(O)C(=O)c1ccccc1C. The molecule has 0 radical (unpaired) electrons. The summed E-state index contributed by atoms with van der Waals surface area (Å²) >= 11 is 0. The zero-order valence-corrected chi connectivity index (χ0v) is 19.7. The Bertz CT molecular complexity index is 1200. The summed E-state index contributed by atoms with van der Waals surface area (Å²) in [5.74, 6) is -1.52. The van der Waals surface area contributed by atoms with Gasteiger partial charge in [-0.25, -0.2) is 4.79 Å². The Balaban J connectivity index is 1.72. The first-order valence-electron chi connectivity index (χ1n) is 11.2. The van der Waals surface area contributed by atoms with Crippen LogP contribution in [0.1, 0.15) is 38.3 Å². The number of guanidine groups is 1. The minimum Gasteiger partial charge on any atom is -0.382 e. The van der Waals surface area contributed by atoms with E-state index in [0.29, 0.717) is 11.1 Å². The van der Waals surface area contributed by atoms with Crippen molar-refractivity contribution in [3.63, 3.8) is 0 Å². The summed E-state index contributed by atoms with van der Waals surface area (Å²) in [4.78, 5) is 42.1. The standard InChI is InChI=1S/C25H28N4O6/c1-14-8-4-6-10-16(14)19(30)20(31)22-25(34,21(32)17-11-7-5-9-15(17)2)12-18(35-22)29-13-28(3)23(26)27-24(29)33/h4-11,18,20,22,31,34H,12-13H2,1-3H3,(H2,26,27,33)/t18-,20?,22-,25-/m1/s1. The second kappa shape index (κ2) is 9.21. The monoisotopic (exact) mass is 480 g/mol. The largest absolute Gasteiger partial charge is 0.382 e. The number of rotatable bonds is 6. The van der Waals surface area contributed by atoms with Crippen molar-refractivity contribution in [3.8, 4) is 0 Å². The third kappa shape index (κ3) is 4.31. The minimum absolute atomic E-state index is 0.0431. The van der Waals surface area contributed by atoms with Gasteiger partial charge in [-0.1, -0.05) is 48.5 Å². The molecule has 0 spiro atoms. The molecule has 2 amide bonds. The fourth-order valence-corrected chi connectivity index (χ4v) is 4.51. The van der Waals surface area contributed by atoms with Gasteiger partial charge in [0.15, 0.2) is 23.1 Å². The van der Waals surface area contributed by atoms with E-state index >= 15 is 0 Å². The van der Waals surface area contributed by atoms with E-state index in [0.717, 1.165) is 0 Å². The van der Waals surface area contributed by atoms with Crippen LogP contribution in [0.3, 0.4) is 0 Å². The van der Waals surface area contributed by atoms with Crippen molar-refractivity contribution in [1.29, 1.82) is 5.41 Å². The molecule has 2 aromatic carbocycles. The molecule has 10 heteroatoms. The van der Waals surface area contributed by atoms with Gasteiger partial charge in [0.25, 0.3) is 0 Å². The number of carbonyl (C=O) groups is 3. The number of aliphatic hydroxyl groups excluding tert-OH is 1. The summed E-state index contributed by atoms with van der Waals surface area (Å²) in [6.07, 6.45) is -5.00. The van der Waals surface area contributed by atoms with Gasteiger partial charge in [-0.2, -0.15) is 0 Å². The predicted octanol–water partition coefficient (Wildman–Crippen LogP) is 1.43. The van der Waals surface area contributed by atoms with E-state index in [4.69, 9.17) is 10.1 Å². The van der Waals surface area contributed by atoms with Gasteiger partial charge in [-0.3, -0.25) is 25.2 Å². The molecular weight excluding hydrogens is 452 g/mol. The van der Waals surface area contributed by atoms with E-state index in [2.05, 4.69) is 5.32 Å². The van der Waals surface area contributed by atoms with Crippen LogP contribution in [0, 0.1) is 19.3 Å². The van der Waals surface area contributed by atoms with Gasteiger partial charge in [0, 0.05) is 24.6 Å². The Labute approximate surface area is 202 Å². The summed E-state index contributed by atoms with van der Waals surface area (Å²) in [5, 5.41) is 33.0. The molecule has 0 bridgehead atoms. The highest BCUT2D eigenvalue weighted by Gasteiger charge is 2.59. The summed E-state index contributed by atoms with van der Waals surface area (Å²) in [6.45, 7) is 3.39. The van der Waals surface area contributed by atoms with Crippen LogP contribution in [0.15, 0.2) is 48.5 Å². The number of amides is 2. The first-order valence-corrected chi connectivity index (χ1v) is 11.2. The lowest BCUT2D eigenvalue weighted by atomic mass is 9.81. The van der Waals surface area contributed by atoms with Gasteiger partial charge in [0.2, 0.25) is 0 Å². The van der Waals surface area contributed by atoms with Gasteiger partial charge < -0.3 is 19.8 Å². The number of nitrogens with zero attached hydrogens (tertiary/aromatic N) is 2. The van der Waals surface area contributed by atoms with Crippen molar-refractivity contribution in [3.05, 3.63) is 70.8 Å². The highest BCUT2D eigenvalue weighted by atomic mass is 16.6. The van der Waals surface area contributed by atoms with E-state index in [1.54, 1.807) is 69.4 Å². The summed E-state index contributed by atoms with van der Waals surface area (Å²) < 4.78 is 5.92. The molecule has 2 fully saturated rings. The lowest BCUT2D eigenvalue weighted by Crippen LogP contribution is -2.61. The highest BCUT2D eigenvalue weighted by molar-refractivity contribution is 6.06. The smallest absolute Gasteiger partial charge is 0.327 e. The summed E-state index contributed by atoms with van der Waals surface area (Å²) in [6, 6.07) is 12.7.